The minimum absolute atomic E-state index is 0.234. The van der Waals surface area contributed by atoms with E-state index >= 15 is 0 Å². The Morgan fingerprint density at radius 2 is 1.68 bits per heavy atom. The number of hydrogen-bond acceptors (Lipinski definition) is 6. The van der Waals surface area contributed by atoms with Gasteiger partial charge in [0.15, 0.2) is 5.82 Å². The molecule has 2 aromatic heterocycles. The molecule has 0 bridgehead atoms. The molecular weight excluding hydrogens is 374 g/mol. The molecule has 7 nitrogen and oxygen atoms in total. The third-order valence-corrected chi connectivity index (χ3v) is 5.80. The average molecular weight is 398 g/mol. The van der Waals surface area contributed by atoms with Crippen molar-refractivity contribution in [2.45, 2.75) is 25.7 Å². The largest absolute Gasteiger partial charge is 0.368 e. The van der Waals surface area contributed by atoms with Crippen LogP contribution in [-0.2, 0) is 10.0 Å². The molecule has 0 spiro atoms. The molecule has 3 rings (SSSR count). The zero-order valence-corrected chi connectivity index (χ0v) is 16.9. The molecule has 0 aliphatic heterocycles. The second-order valence-electron chi connectivity index (χ2n) is 6.46. The van der Waals surface area contributed by atoms with Crippen molar-refractivity contribution in [2.24, 2.45) is 0 Å². The van der Waals surface area contributed by atoms with Crippen molar-refractivity contribution < 1.29 is 8.42 Å². The number of rotatable bonds is 7. The standard InChI is InChI=1S/C20H23N5O2S/c1-14-7-9-17(10-8-14)28(26,27)23-13-12-22-19-15(2)16(3)24-20(25-19)18-6-4-5-11-21-18/h4-11,23H,12-13H2,1-3H3,(H,22,24,25). The van der Waals surface area contributed by atoms with Gasteiger partial charge in [0, 0.05) is 30.5 Å². The molecule has 0 fully saturated rings. The molecule has 2 N–H and O–H groups in total. The molecule has 0 radical (unpaired) electrons. The van der Waals surface area contributed by atoms with Gasteiger partial charge in [-0.1, -0.05) is 23.8 Å². The van der Waals surface area contributed by atoms with Crippen molar-refractivity contribution in [2.75, 3.05) is 18.4 Å². The van der Waals surface area contributed by atoms with E-state index in [4.69, 9.17) is 0 Å². The average Bonchev–Trinajstić information content (AvgIpc) is 2.69. The number of benzene rings is 1. The Bertz CT molecular complexity index is 1050. The normalized spacial score (nSPS) is 11.4. The fourth-order valence-corrected chi connectivity index (χ4v) is 3.61. The van der Waals surface area contributed by atoms with E-state index in [9.17, 15) is 8.42 Å². The van der Waals surface area contributed by atoms with Crippen LogP contribution >= 0.6 is 0 Å². The molecule has 0 unspecified atom stereocenters. The Morgan fingerprint density at radius 1 is 0.929 bits per heavy atom. The predicted octanol–water partition coefficient (Wildman–Crippen LogP) is 2.85. The summed E-state index contributed by atoms with van der Waals surface area (Å²) in [5.41, 5.74) is 3.46. The number of hydrogen-bond donors (Lipinski definition) is 2. The van der Waals surface area contributed by atoms with E-state index in [1.165, 1.54) is 0 Å². The van der Waals surface area contributed by atoms with Crippen molar-refractivity contribution in [1.29, 1.82) is 0 Å². The van der Waals surface area contributed by atoms with Crippen molar-refractivity contribution in [1.82, 2.24) is 19.7 Å². The molecule has 2 heterocycles. The molecule has 0 aliphatic rings. The summed E-state index contributed by atoms with van der Waals surface area (Å²) in [6, 6.07) is 12.3. The molecule has 0 saturated carbocycles. The van der Waals surface area contributed by atoms with Crippen LogP contribution in [0, 0.1) is 20.8 Å². The summed E-state index contributed by atoms with van der Waals surface area (Å²) in [5.74, 6) is 1.20. The monoisotopic (exact) mass is 397 g/mol. The second-order valence-corrected chi connectivity index (χ2v) is 8.23. The lowest BCUT2D eigenvalue weighted by molar-refractivity contribution is 0.583. The number of aryl methyl sites for hydroxylation is 2. The molecule has 8 heteroatoms. The SMILES string of the molecule is Cc1ccc(S(=O)(=O)NCCNc2nc(-c3ccccn3)nc(C)c2C)cc1. The van der Waals surface area contributed by atoms with Crippen LogP contribution in [0.4, 0.5) is 5.82 Å². The Balaban J connectivity index is 1.66. The Kier molecular flexibility index (Phi) is 6.01. The van der Waals surface area contributed by atoms with E-state index in [1.807, 2.05) is 39.0 Å². The maximum absolute atomic E-state index is 12.3. The van der Waals surface area contributed by atoms with E-state index in [-0.39, 0.29) is 11.4 Å². The maximum Gasteiger partial charge on any atom is 0.240 e. The van der Waals surface area contributed by atoms with Crippen LogP contribution in [0.2, 0.25) is 0 Å². The lowest BCUT2D eigenvalue weighted by Gasteiger charge is -2.13. The van der Waals surface area contributed by atoms with Crippen molar-refractivity contribution in [3.63, 3.8) is 0 Å². The topological polar surface area (TPSA) is 96.9 Å². The molecule has 146 valence electrons. The minimum Gasteiger partial charge on any atom is -0.368 e. The first-order valence-electron chi connectivity index (χ1n) is 8.93. The first-order chi connectivity index (χ1) is 13.4. The first kappa shape index (κ1) is 19.9. The Hall–Kier alpha value is -2.84. The van der Waals surface area contributed by atoms with Gasteiger partial charge in [-0.05, 0) is 45.0 Å². The van der Waals surface area contributed by atoms with Crippen LogP contribution in [0.3, 0.4) is 0 Å². The summed E-state index contributed by atoms with van der Waals surface area (Å²) in [4.78, 5) is 13.6. The lowest BCUT2D eigenvalue weighted by Crippen LogP contribution is -2.29. The fourth-order valence-electron chi connectivity index (χ4n) is 2.58. The highest BCUT2D eigenvalue weighted by Crippen LogP contribution is 2.20. The van der Waals surface area contributed by atoms with E-state index in [2.05, 4.69) is 25.0 Å². The highest BCUT2D eigenvalue weighted by Gasteiger charge is 2.14. The smallest absolute Gasteiger partial charge is 0.240 e. The zero-order chi connectivity index (χ0) is 20.1. The van der Waals surface area contributed by atoms with Crippen LogP contribution in [-0.4, -0.2) is 36.5 Å². The molecular formula is C20H23N5O2S. The summed E-state index contributed by atoms with van der Waals surface area (Å²) < 4.78 is 27.3. The van der Waals surface area contributed by atoms with Crippen molar-refractivity contribution >= 4 is 15.8 Å². The molecule has 0 saturated heterocycles. The van der Waals surface area contributed by atoms with Gasteiger partial charge in [0.25, 0.3) is 0 Å². The van der Waals surface area contributed by atoms with Gasteiger partial charge in [0.1, 0.15) is 11.5 Å². The van der Waals surface area contributed by atoms with Crippen LogP contribution in [0.15, 0.2) is 53.6 Å². The van der Waals surface area contributed by atoms with Gasteiger partial charge >= 0.3 is 0 Å². The molecule has 3 aromatic rings. The van der Waals surface area contributed by atoms with Gasteiger partial charge in [-0.3, -0.25) is 4.98 Å². The number of nitrogens with zero attached hydrogens (tertiary/aromatic N) is 3. The number of nitrogens with one attached hydrogen (secondary N) is 2. The van der Waals surface area contributed by atoms with E-state index < -0.39 is 10.0 Å². The van der Waals surface area contributed by atoms with Gasteiger partial charge in [0.2, 0.25) is 10.0 Å². The fraction of sp³-hybridized carbons (Fsp3) is 0.250. The van der Waals surface area contributed by atoms with Crippen molar-refractivity contribution in [3.05, 3.63) is 65.5 Å². The number of anilines is 1. The van der Waals surface area contributed by atoms with Crippen LogP contribution in [0.1, 0.15) is 16.8 Å². The molecule has 28 heavy (non-hydrogen) atoms. The molecule has 0 atom stereocenters. The van der Waals surface area contributed by atoms with Gasteiger partial charge in [-0.2, -0.15) is 0 Å². The number of sulfonamides is 1. The predicted molar refractivity (Wildman–Crippen MR) is 110 cm³/mol. The molecule has 0 aliphatic carbocycles. The van der Waals surface area contributed by atoms with Crippen LogP contribution < -0.4 is 10.0 Å². The molecule has 1 aromatic carbocycles. The third-order valence-electron chi connectivity index (χ3n) is 4.32. The van der Waals surface area contributed by atoms with Gasteiger partial charge in [-0.25, -0.2) is 23.1 Å². The first-order valence-corrected chi connectivity index (χ1v) is 10.4. The molecule has 0 amide bonds. The second kappa shape index (κ2) is 8.45. The Morgan fingerprint density at radius 3 is 2.36 bits per heavy atom. The summed E-state index contributed by atoms with van der Waals surface area (Å²) in [5, 5.41) is 3.19. The van der Waals surface area contributed by atoms with Gasteiger partial charge in [-0.15, -0.1) is 0 Å². The van der Waals surface area contributed by atoms with Crippen molar-refractivity contribution in [3.8, 4) is 11.5 Å². The summed E-state index contributed by atoms with van der Waals surface area (Å²) in [7, 11) is -3.53. The highest BCUT2D eigenvalue weighted by molar-refractivity contribution is 7.89. The van der Waals surface area contributed by atoms with Crippen LogP contribution in [0.5, 0.6) is 0 Å². The van der Waals surface area contributed by atoms with E-state index in [1.54, 1.807) is 30.5 Å². The summed E-state index contributed by atoms with van der Waals surface area (Å²) in [6.45, 7) is 6.38. The quantitative estimate of drug-likeness (QED) is 0.595. The minimum atomic E-state index is -3.53. The number of aromatic nitrogens is 3. The summed E-state index contributed by atoms with van der Waals surface area (Å²) >= 11 is 0. The Labute approximate surface area is 165 Å². The third kappa shape index (κ3) is 4.71. The van der Waals surface area contributed by atoms with Crippen LogP contribution in [0.25, 0.3) is 11.5 Å². The van der Waals surface area contributed by atoms with Gasteiger partial charge < -0.3 is 5.32 Å². The number of pyridine rings is 1. The lowest BCUT2D eigenvalue weighted by atomic mass is 10.2. The maximum atomic E-state index is 12.3. The van der Waals surface area contributed by atoms with Gasteiger partial charge in [0.05, 0.1) is 4.90 Å². The highest BCUT2D eigenvalue weighted by atomic mass is 32.2. The zero-order valence-electron chi connectivity index (χ0n) is 16.1. The summed E-state index contributed by atoms with van der Waals surface area (Å²) in [6.07, 6.45) is 1.70. The van der Waals surface area contributed by atoms with E-state index in [0.717, 1.165) is 16.8 Å². The van der Waals surface area contributed by atoms with E-state index in [0.29, 0.717) is 23.9 Å².